The lowest BCUT2D eigenvalue weighted by atomic mass is 9.96. The number of rotatable bonds is 4. The van der Waals surface area contributed by atoms with Crippen molar-refractivity contribution in [2.75, 3.05) is 6.54 Å². The monoisotopic (exact) mass is 284 g/mol. The third kappa shape index (κ3) is 3.34. The maximum absolute atomic E-state index is 6.14. The Kier molecular flexibility index (Phi) is 4.36. The van der Waals surface area contributed by atoms with Crippen LogP contribution in [0.3, 0.4) is 0 Å². The van der Waals surface area contributed by atoms with Crippen molar-refractivity contribution < 1.29 is 0 Å². The molecule has 1 aliphatic heterocycles. The Morgan fingerprint density at radius 2 is 2.10 bits per heavy atom. The average molecular weight is 284 g/mol. The standard InChI is InChI=1S/C17H24N4/c1-14(18)17-9-5-6-10-20(17)12-15-11-19-21(13-15)16-7-3-2-4-8-16/h2-4,7-8,11,13-14,17H,5-6,9-10,12,18H2,1H3. The lowest BCUT2D eigenvalue weighted by Crippen LogP contribution is -2.48. The first kappa shape index (κ1) is 14.3. The molecule has 2 heterocycles. The summed E-state index contributed by atoms with van der Waals surface area (Å²) in [5.74, 6) is 0. The second-order valence-corrected chi connectivity index (χ2v) is 6.02. The lowest BCUT2D eigenvalue weighted by molar-refractivity contribution is 0.123. The third-order valence-corrected chi connectivity index (χ3v) is 4.31. The van der Waals surface area contributed by atoms with Crippen molar-refractivity contribution in [1.29, 1.82) is 0 Å². The molecule has 112 valence electrons. The summed E-state index contributed by atoms with van der Waals surface area (Å²) in [7, 11) is 0. The summed E-state index contributed by atoms with van der Waals surface area (Å²) in [4.78, 5) is 2.51. The molecule has 21 heavy (non-hydrogen) atoms. The molecule has 1 fully saturated rings. The second-order valence-electron chi connectivity index (χ2n) is 6.02. The fourth-order valence-corrected chi connectivity index (χ4v) is 3.21. The molecule has 0 saturated carbocycles. The molecule has 0 amide bonds. The number of benzene rings is 1. The summed E-state index contributed by atoms with van der Waals surface area (Å²) in [6, 6.07) is 11.0. The van der Waals surface area contributed by atoms with Gasteiger partial charge in [-0.3, -0.25) is 4.90 Å². The van der Waals surface area contributed by atoms with Gasteiger partial charge in [0.1, 0.15) is 0 Å². The van der Waals surface area contributed by atoms with Crippen molar-refractivity contribution in [1.82, 2.24) is 14.7 Å². The van der Waals surface area contributed by atoms with E-state index in [9.17, 15) is 0 Å². The molecular weight excluding hydrogens is 260 g/mol. The van der Waals surface area contributed by atoms with Gasteiger partial charge in [-0.15, -0.1) is 0 Å². The summed E-state index contributed by atoms with van der Waals surface area (Å²) >= 11 is 0. The van der Waals surface area contributed by atoms with E-state index in [2.05, 4.69) is 35.3 Å². The van der Waals surface area contributed by atoms with Gasteiger partial charge >= 0.3 is 0 Å². The van der Waals surface area contributed by atoms with Gasteiger partial charge in [0, 0.05) is 30.4 Å². The summed E-state index contributed by atoms with van der Waals surface area (Å²) in [6.07, 6.45) is 7.88. The minimum atomic E-state index is 0.231. The van der Waals surface area contributed by atoms with E-state index in [4.69, 9.17) is 5.73 Å². The molecule has 4 nitrogen and oxygen atoms in total. The van der Waals surface area contributed by atoms with Crippen molar-refractivity contribution in [3.8, 4) is 5.69 Å². The smallest absolute Gasteiger partial charge is 0.0645 e. The Labute approximate surface area is 126 Å². The highest BCUT2D eigenvalue weighted by Crippen LogP contribution is 2.21. The second kappa shape index (κ2) is 6.41. The van der Waals surface area contributed by atoms with E-state index in [-0.39, 0.29) is 6.04 Å². The fraction of sp³-hybridized carbons (Fsp3) is 0.471. The molecule has 0 bridgehead atoms. The zero-order chi connectivity index (χ0) is 14.7. The molecule has 2 N–H and O–H groups in total. The molecule has 1 aliphatic rings. The number of hydrogen-bond acceptors (Lipinski definition) is 3. The molecule has 1 aromatic heterocycles. The van der Waals surface area contributed by atoms with Crippen LogP contribution < -0.4 is 5.73 Å². The summed E-state index contributed by atoms with van der Waals surface area (Å²) < 4.78 is 1.94. The van der Waals surface area contributed by atoms with Gasteiger partial charge in [-0.05, 0) is 38.4 Å². The van der Waals surface area contributed by atoms with E-state index < -0.39 is 0 Å². The van der Waals surface area contributed by atoms with E-state index in [0.717, 1.165) is 18.8 Å². The van der Waals surface area contributed by atoms with Crippen LogP contribution in [0.1, 0.15) is 31.7 Å². The Bertz CT molecular complexity index is 561. The lowest BCUT2D eigenvalue weighted by Gasteiger charge is -2.37. The highest BCUT2D eigenvalue weighted by molar-refractivity contribution is 5.30. The van der Waals surface area contributed by atoms with Gasteiger partial charge in [0.05, 0.1) is 11.9 Å². The molecule has 2 atom stereocenters. The van der Waals surface area contributed by atoms with Crippen LogP contribution in [0.15, 0.2) is 42.7 Å². The first-order valence-electron chi connectivity index (χ1n) is 7.82. The van der Waals surface area contributed by atoms with Crippen molar-refractivity contribution in [2.24, 2.45) is 5.73 Å². The van der Waals surface area contributed by atoms with Crippen LogP contribution in [0, 0.1) is 0 Å². The molecule has 1 saturated heterocycles. The number of likely N-dealkylation sites (tertiary alicyclic amines) is 1. The van der Waals surface area contributed by atoms with Crippen LogP contribution in [0.4, 0.5) is 0 Å². The van der Waals surface area contributed by atoms with E-state index in [1.807, 2.05) is 29.1 Å². The molecule has 0 spiro atoms. The van der Waals surface area contributed by atoms with Crippen LogP contribution in [-0.4, -0.2) is 33.3 Å². The van der Waals surface area contributed by atoms with Crippen LogP contribution in [-0.2, 0) is 6.54 Å². The average Bonchev–Trinajstić information content (AvgIpc) is 2.97. The Morgan fingerprint density at radius 3 is 2.86 bits per heavy atom. The summed E-state index contributed by atoms with van der Waals surface area (Å²) in [6.45, 7) is 4.21. The normalized spacial score (nSPS) is 21.3. The van der Waals surface area contributed by atoms with Gasteiger partial charge in [-0.25, -0.2) is 4.68 Å². The zero-order valence-electron chi connectivity index (χ0n) is 12.7. The molecule has 2 aromatic rings. The van der Waals surface area contributed by atoms with Crippen LogP contribution in [0.2, 0.25) is 0 Å². The third-order valence-electron chi connectivity index (χ3n) is 4.31. The predicted octanol–water partition coefficient (Wildman–Crippen LogP) is 2.57. The van der Waals surface area contributed by atoms with Crippen LogP contribution in [0.5, 0.6) is 0 Å². The number of para-hydroxylation sites is 1. The minimum absolute atomic E-state index is 0.231. The van der Waals surface area contributed by atoms with Gasteiger partial charge in [-0.2, -0.15) is 5.10 Å². The number of hydrogen-bond donors (Lipinski definition) is 1. The van der Waals surface area contributed by atoms with E-state index in [1.54, 1.807) is 0 Å². The molecule has 0 radical (unpaired) electrons. The van der Waals surface area contributed by atoms with Gasteiger partial charge in [0.15, 0.2) is 0 Å². The minimum Gasteiger partial charge on any atom is -0.327 e. The largest absolute Gasteiger partial charge is 0.327 e. The van der Waals surface area contributed by atoms with Crippen molar-refractivity contribution >= 4 is 0 Å². The summed E-state index contributed by atoms with van der Waals surface area (Å²) in [5.41, 5.74) is 8.50. The maximum atomic E-state index is 6.14. The van der Waals surface area contributed by atoms with Gasteiger partial charge < -0.3 is 5.73 Å². The quantitative estimate of drug-likeness (QED) is 0.938. The topological polar surface area (TPSA) is 47.1 Å². The molecule has 2 unspecified atom stereocenters. The fourth-order valence-electron chi connectivity index (χ4n) is 3.21. The number of aromatic nitrogens is 2. The van der Waals surface area contributed by atoms with Crippen LogP contribution >= 0.6 is 0 Å². The van der Waals surface area contributed by atoms with Gasteiger partial charge in [0.2, 0.25) is 0 Å². The first-order chi connectivity index (χ1) is 10.2. The highest BCUT2D eigenvalue weighted by atomic mass is 15.3. The molecule has 4 heteroatoms. The van der Waals surface area contributed by atoms with Crippen LogP contribution in [0.25, 0.3) is 5.69 Å². The zero-order valence-corrected chi connectivity index (χ0v) is 12.7. The van der Waals surface area contributed by atoms with Gasteiger partial charge in [-0.1, -0.05) is 24.6 Å². The SMILES string of the molecule is CC(N)C1CCCCN1Cc1cnn(-c2ccccc2)c1. The molecule has 1 aromatic carbocycles. The highest BCUT2D eigenvalue weighted by Gasteiger charge is 2.25. The summed E-state index contributed by atoms with van der Waals surface area (Å²) in [5, 5.41) is 4.48. The Balaban J connectivity index is 1.72. The van der Waals surface area contributed by atoms with E-state index >= 15 is 0 Å². The predicted molar refractivity (Wildman–Crippen MR) is 85.3 cm³/mol. The number of piperidine rings is 1. The molecule has 0 aliphatic carbocycles. The number of nitrogens with two attached hydrogens (primary N) is 1. The van der Waals surface area contributed by atoms with E-state index in [1.165, 1.54) is 24.8 Å². The van der Waals surface area contributed by atoms with Gasteiger partial charge in [0.25, 0.3) is 0 Å². The van der Waals surface area contributed by atoms with Crippen molar-refractivity contribution in [3.05, 3.63) is 48.3 Å². The molecule has 3 rings (SSSR count). The van der Waals surface area contributed by atoms with Crippen molar-refractivity contribution in [2.45, 2.75) is 44.8 Å². The Morgan fingerprint density at radius 1 is 1.29 bits per heavy atom. The number of nitrogens with zero attached hydrogens (tertiary/aromatic N) is 3. The maximum Gasteiger partial charge on any atom is 0.0645 e. The first-order valence-corrected chi connectivity index (χ1v) is 7.82. The van der Waals surface area contributed by atoms with E-state index in [0.29, 0.717) is 6.04 Å². The Hall–Kier alpha value is -1.65. The molecular formula is C17H24N4. The van der Waals surface area contributed by atoms with Crippen molar-refractivity contribution in [3.63, 3.8) is 0 Å².